The Kier molecular flexibility index (Phi) is 3.02. The van der Waals surface area contributed by atoms with E-state index in [0.29, 0.717) is 5.69 Å². The van der Waals surface area contributed by atoms with E-state index in [-0.39, 0.29) is 5.91 Å². The zero-order valence-corrected chi connectivity index (χ0v) is 7.82. The predicted molar refractivity (Wildman–Crippen MR) is 50.2 cm³/mol. The molecule has 0 aliphatic rings. The van der Waals surface area contributed by atoms with Gasteiger partial charge in [0.2, 0.25) is 5.91 Å². The minimum absolute atomic E-state index is 0.198. The predicted octanol–water partition coefficient (Wildman–Crippen LogP) is 0.189. The van der Waals surface area contributed by atoms with Crippen LogP contribution in [0.4, 0.5) is 5.69 Å². The van der Waals surface area contributed by atoms with Crippen LogP contribution in [0.3, 0.4) is 0 Å². The Morgan fingerprint density at radius 2 is 2.54 bits per heavy atom. The summed E-state index contributed by atoms with van der Waals surface area (Å²) in [6, 6.07) is -0.495. The van der Waals surface area contributed by atoms with Gasteiger partial charge in [0.05, 0.1) is 17.9 Å². The van der Waals surface area contributed by atoms with Crippen molar-refractivity contribution in [3.8, 4) is 0 Å². The summed E-state index contributed by atoms with van der Waals surface area (Å²) >= 11 is 0. The Morgan fingerprint density at radius 3 is 3.00 bits per heavy atom. The molecule has 0 saturated heterocycles. The summed E-state index contributed by atoms with van der Waals surface area (Å²) in [4.78, 5) is 11.1. The summed E-state index contributed by atoms with van der Waals surface area (Å²) in [7, 11) is 0. The zero-order valence-electron chi connectivity index (χ0n) is 7.82. The standard InChI is InChI=1S/C8H14N4O/c1-3-12-5-7(4-10-12)11-8(13)6(2)9/h4-6H,3,9H2,1-2H3,(H,11,13)/t6-/m0/s1. The lowest BCUT2D eigenvalue weighted by atomic mass is 10.3. The molecule has 1 heterocycles. The van der Waals surface area contributed by atoms with Gasteiger partial charge in [-0.2, -0.15) is 5.10 Å². The van der Waals surface area contributed by atoms with Crippen LogP contribution in [0, 0.1) is 0 Å². The molecule has 1 amide bonds. The number of carbonyl (C=O) groups excluding carboxylic acids is 1. The van der Waals surface area contributed by atoms with Crippen LogP contribution in [0.15, 0.2) is 12.4 Å². The number of amides is 1. The number of hydrogen-bond acceptors (Lipinski definition) is 3. The molecule has 0 radical (unpaired) electrons. The lowest BCUT2D eigenvalue weighted by Crippen LogP contribution is -2.32. The average Bonchev–Trinajstić information content (AvgIpc) is 2.52. The molecule has 3 N–H and O–H groups in total. The number of hydrogen-bond donors (Lipinski definition) is 2. The van der Waals surface area contributed by atoms with Gasteiger partial charge < -0.3 is 11.1 Å². The second-order valence-corrected chi connectivity index (χ2v) is 2.86. The number of aryl methyl sites for hydroxylation is 1. The number of nitrogens with one attached hydrogen (secondary N) is 1. The molecule has 0 aliphatic carbocycles. The van der Waals surface area contributed by atoms with Gasteiger partial charge in [0.25, 0.3) is 0 Å². The van der Waals surface area contributed by atoms with Crippen molar-refractivity contribution >= 4 is 11.6 Å². The maximum atomic E-state index is 11.1. The fraction of sp³-hybridized carbons (Fsp3) is 0.500. The van der Waals surface area contributed by atoms with Gasteiger partial charge in [0, 0.05) is 12.7 Å². The summed E-state index contributed by atoms with van der Waals surface area (Å²) < 4.78 is 1.73. The zero-order chi connectivity index (χ0) is 9.84. The van der Waals surface area contributed by atoms with Crippen molar-refractivity contribution < 1.29 is 4.79 Å². The summed E-state index contributed by atoms with van der Waals surface area (Å²) in [5.41, 5.74) is 6.07. The maximum absolute atomic E-state index is 11.1. The van der Waals surface area contributed by atoms with E-state index in [2.05, 4.69) is 10.4 Å². The number of rotatable bonds is 3. The van der Waals surface area contributed by atoms with Gasteiger partial charge in [-0.1, -0.05) is 0 Å². The molecular formula is C8H14N4O. The molecule has 72 valence electrons. The van der Waals surface area contributed by atoms with Crippen LogP contribution >= 0.6 is 0 Å². The molecule has 0 bridgehead atoms. The maximum Gasteiger partial charge on any atom is 0.241 e. The third-order valence-electron chi connectivity index (χ3n) is 1.64. The molecule has 0 aromatic carbocycles. The van der Waals surface area contributed by atoms with Crippen LogP contribution in [0.1, 0.15) is 13.8 Å². The molecule has 1 rings (SSSR count). The third kappa shape index (κ3) is 2.55. The molecule has 5 heteroatoms. The molecule has 1 aromatic heterocycles. The van der Waals surface area contributed by atoms with Crippen molar-refractivity contribution in [3.05, 3.63) is 12.4 Å². The molecule has 13 heavy (non-hydrogen) atoms. The van der Waals surface area contributed by atoms with Crippen molar-refractivity contribution in [2.45, 2.75) is 26.4 Å². The van der Waals surface area contributed by atoms with Crippen molar-refractivity contribution in [1.82, 2.24) is 9.78 Å². The minimum atomic E-state index is -0.495. The summed E-state index contributed by atoms with van der Waals surface area (Å²) in [5.74, 6) is -0.198. The van der Waals surface area contributed by atoms with Crippen LogP contribution < -0.4 is 11.1 Å². The number of aromatic nitrogens is 2. The molecule has 1 atom stereocenters. The van der Waals surface area contributed by atoms with E-state index in [9.17, 15) is 4.79 Å². The lowest BCUT2D eigenvalue weighted by molar-refractivity contribution is -0.117. The fourth-order valence-electron chi connectivity index (χ4n) is 0.857. The Bertz CT molecular complexity index is 292. The van der Waals surface area contributed by atoms with Gasteiger partial charge in [-0.05, 0) is 13.8 Å². The van der Waals surface area contributed by atoms with Gasteiger partial charge in [-0.25, -0.2) is 0 Å². The van der Waals surface area contributed by atoms with E-state index in [1.165, 1.54) is 0 Å². The highest BCUT2D eigenvalue weighted by atomic mass is 16.2. The van der Waals surface area contributed by atoms with Gasteiger partial charge >= 0.3 is 0 Å². The number of carbonyl (C=O) groups is 1. The molecular weight excluding hydrogens is 168 g/mol. The number of nitrogens with zero attached hydrogens (tertiary/aromatic N) is 2. The van der Waals surface area contributed by atoms with E-state index in [4.69, 9.17) is 5.73 Å². The minimum Gasteiger partial charge on any atom is -0.322 e. The fourth-order valence-corrected chi connectivity index (χ4v) is 0.857. The smallest absolute Gasteiger partial charge is 0.241 e. The molecule has 0 aliphatic heterocycles. The highest BCUT2D eigenvalue weighted by molar-refractivity contribution is 5.94. The Hall–Kier alpha value is -1.36. The number of anilines is 1. The van der Waals surface area contributed by atoms with Crippen molar-refractivity contribution in [2.24, 2.45) is 5.73 Å². The first-order valence-corrected chi connectivity index (χ1v) is 4.22. The second kappa shape index (κ2) is 4.04. The van der Waals surface area contributed by atoms with Crippen LogP contribution in [0.2, 0.25) is 0 Å². The first kappa shape index (κ1) is 9.73. The molecule has 1 aromatic rings. The first-order valence-electron chi connectivity index (χ1n) is 4.22. The van der Waals surface area contributed by atoms with E-state index in [0.717, 1.165) is 6.54 Å². The summed E-state index contributed by atoms with van der Waals surface area (Å²) in [6.45, 7) is 4.40. The van der Waals surface area contributed by atoms with Crippen LogP contribution in [-0.4, -0.2) is 21.7 Å². The van der Waals surface area contributed by atoms with E-state index in [1.54, 1.807) is 24.0 Å². The summed E-state index contributed by atoms with van der Waals surface area (Å²) in [6.07, 6.45) is 3.37. The van der Waals surface area contributed by atoms with Crippen LogP contribution in [0.5, 0.6) is 0 Å². The molecule has 0 unspecified atom stereocenters. The van der Waals surface area contributed by atoms with Gasteiger partial charge in [-0.15, -0.1) is 0 Å². The van der Waals surface area contributed by atoms with Crippen molar-refractivity contribution in [1.29, 1.82) is 0 Å². The topological polar surface area (TPSA) is 72.9 Å². The average molecular weight is 182 g/mol. The van der Waals surface area contributed by atoms with Gasteiger partial charge in [0.15, 0.2) is 0 Å². The van der Waals surface area contributed by atoms with Gasteiger partial charge in [-0.3, -0.25) is 9.48 Å². The SMILES string of the molecule is CCn1cc(NC(=O)[C@H](C)N)cn1. The van der Waals surface area contributed by atoms with Crippen LogP contribution in [-0.2, 0) is 11.3 Å². The lowest BCUT2D eigenvalue weighted by Gasteiger charge is -2.03. The molecule has 5 nitrogen and oxygen atoms in total. The first-order chi connectivity index (χ1) is 6.13. The quantitative estimate of drug-likeness (QED) is 0.700. The Balaban J connectivity index is 2.59. The highest BCUT2D eigenvalue weighted by Crippen LogP contribution is 2.04. The van der Waals surface area contributed by atoms with E-state index in [1.807, 2.05) is 6.92 Å². The van der Waals surface area contributed by atoms with Gasteiger partial charge in [0.1, 0.15) is 0 Å². The number of nitrogens with two attached hydrogens (primary N) is 1. The Labute approximate surface area is 76.9 Å². The van der Waals surface area contributed by atoms with Crippen molar-refractivity contribution in [3.63, 3.8) is 0 Å². The Morgan fingerprint density at radius 1 is 1.85 bits per heavy atom. The van der Waals surface area contributed by atoms with Crippen LogP contribution in [0.25, 0.3) is 0 Å². The largest absolute Gasteiger partial charge is 0.322 e. The third-order valence-corrected chi connectivity index (χ3v) is 1.64. The summed E-state index contributed by atoms with van der Waals surface area (Å²) in [5, 5.41) is 6.66. The monoisotopic (exact) mass is 182 g/mol. The molecule has 0 fully saturated rings. The molecule has 0 saturated carbocycles. The molecule has 0 spiro atoms. The van der Waals surface area contributed by atoms with Crippen molar-refractivity contribution in [2.75, 3.05) is 5.32 Å². The second-order valence-electron chi connectivity index (χ2n) is 2.86. The van der Waals surface area contributed by atoms with E-state index >= 15 is 0 Å². The highest BCUT2D eigenvalue weighted by Gasteiger charge is 2.07. The normalized spacial score (nSPS) is 12.5. The van der Waals surface area contributed by atoms with E-state index < -0.39 is 6.04 Å².